The summed E-state index contributed by atoms with van der Waals surface area (Å²) in [6, 6.07) is 9.02. The summed E-state index contributed by atoms with van der Waals surface area (Å²) in [5.41, 5.74) is 1.36. The standard InChI is InChI=1S/C21H22ClN3O4S/c1-27-15-6-4-13(12-16(15)28-2)20(26)24-8-10-25(11-9-24)21-23-18-17(30-21)7-5-14(22)19(18)29-3/h4-7,12H,8-11H2,1-3H3. The van der Waals surface area contributed by atoms with Gasteiger partial charge in [-0.1, -0.05) is 22.9 Å². The maximum Gasteiger partial charge on any atom is 0.254 e. The Morgan fingerprint density at radius 1 is 1.00 bits per heavy atom. The predicted molar refractivity (Wildman–Crippen MR) is 119 cm³/mol. The largest absolute Gasteiger partial charge is 0.493 e. The molecule has 0 unspecified atom stereocenters. The van der Waals surface area contributed by atoms with Gasteiger partial charge in [0.25, 0.3) is 5.91 Å². The van der Waals surface area contributed by atoms with Crippen molar-refractivity contribution in [3.8, 4) is 17.2 Å². The third-order valence-electron chi connectivity index (χ3n) is 5.13. The maximum absolute atomic E-state index is 12.9. The molecule has 0 N–H and O–H groups in total. The fourth-order valence-corrected chi connectivity index (χ4v) is 4.76. The summed E-state index contributed by atoms with van der Waals surface area (Å²) in [6.07, 6.45) is 0. The molecule has 1 amide bonds. The van der Waals surface area contributed by atoms with Crippen molar-refractivity contribution >= 4 is 44.2 Å². The first-order chi connectivity index (χ1) is 14.5. The van der Waals surface area contributed by atoms with Crippen LogP contribution in [0.1, 0.15) is 10.4 Å². The lowest BCUT2D eigenvalue weighted by Crippen LogP contribution is -2.48. The number of benzene rings is 2. The number of ether oxygens (including phenoxy) is 3. The minimum absolute atomic E-state index is 0.0200. The molecule has 7 nitrogen and oxygen atoms in total. The number of thiazole rings is 1. The zero-order valence-corrected chi connectivity index (χ0v) is 18.5. The average molecular weight is 448 g/mol. The van der Waals surface area contributed by atoms with Crippen LogP contribution in [0, 0.1) is 0 Å². The second-order valence-electron chi connectivity index (χ2n) is 6.77. The predicted octanol–water partition coefficient (Wildman–Crippen LogP) is 3.94. The number of fused-ring (bicyclic) bond motifs is 1. The topological polar surface area (TPSA) is 64.1 Å². The van der Waals surface area contributed by atoms with Crippen LogP contribution < -0.4 is 19.1 Å². The lowest BCUT2D eigenvalue weighted by Gasteiger charge is -2.34. The number of hydrogen-bond acceptors (Lipinski definition) is 7. The first-order valence-corrected chi connectivity index (χ1v) is 10.6. The van der Waals surface area contributed by atoms with Crippen LogP contribution >= 0.6 is 22.9 Å². The van der Waals surface area contributed by atoms with Gasteiger partial charge in [0.05, 0.1) is 31.1 Å². The molecule has 1 aliphatic rings. The van der Waals surface area contributed by atoms with Gasteiger partial charge in [0.1, 0.15) is 5.52 Å². The molecule has 3 aromatic rings. The highest BCUT2D eigenvalue weighted by Crippen LogP contribution is 2.38. The lowest BCUT2D eigenvalue weighted by atomic mass is 10.1. The quantitative estimate of drug-likeness (QED) is 0.590. The van der Waals surface area contributed by atoms with Crippen molar-refractivity contribution in [3.05, 3.63) is 40.9 Å². The van der Waals surface area contributed by atoms with Gasteiger partial charge in [0, 0.05) is 31.7 Å². The molecule has 1 saturated heterocycles. The molecule has 2 heterocycles. The van der Waals surface area contributed by atoms with E-state index in [0.29, 0.717) is 54.0 Å². The normalized spacial score (nSPS) is 14.1. The summed E-state index contributed by atoms with van der Waals surface area (Å²) < 4.78 is 17.0. The fourth-order valence-electron chi connectivity index (χ4n) is 3.52. The number of piperazine rings is 1. The molecule has 0 spiro atoms. The Hall–Kier alpha value is -2.71. The third-order valence-corrected chi connectivity index (χ3v) is 6.51. The van der Waals surface area contributed by atoms with Gasteiger partial charge in [-0.15, -0.1) is 0 Å². The Labute approximate surface area is 183 Å². The Morgan fingerprint density at radius 3 is 2.40 bits per heavy atom. The van der Waals surface area contributed by atoms with E-state index in [9.17, 15) is 4.79 Å². The Balaban J connectivity index is 1.47. The average Bonchev–Trinajstić information content (AvgIpc) is 3.22. The van der Waals surface area contributed by atoms with E-state index in [4.69, 9.17) is 30.8 Å². The van der Waals surface area contributed by atoms with Gasteiger partial charge in [-0.3, -0.25) is 4.79 Å². The van der Waals surface area contributed by atoms with Crippen molar-refractivity contribution in [2.24, 2.45) is 0 Å². The summed E-state index contributed by atoms with van der Waals surface area (Å²) >= 11 is 7.82. The minimum atomic E-state index is -0.0200. The molecule has 0 radical (unpaired) electrons. The van der Waals surface area contributed by atoms with Crippen LogP contribution in [0.4, 0.5) is 5.13 Å². The number of carbonyl (C=O) groups excluding carboxylic acids is 1. The molecular formula is C21H22ClN3O4S. The van der Waals surface area contributed by atoms with Crippen LogP contribution in [-0.4, -0.2) is 63.3 Å². The first-order valence-electron chi connectivity index (χ1n) is 9.45. The number of hydrogen-bond donors (Lipinski definition) is 0. The summed E-state index contributed by atoms with van der Waals surface area (Å²) in [5.74, 6) is 1.72. The van der Waals surface area contributed by atoms with E-state index in [1.54, 1.807) is 50.9 Å². The highest BCUT2D eigenvalue weighted by atomic mass is 35.5. The fraction of sp³-hybridized carbons (Fsp3) is 0.333. The smallest absolute Gasteiger partial charge is 0.254 e. The van der Waals surface area contributed by atoms with Crippen molar-refractivity contribution in [2.75, 3.05) is 52.4 Å². The molecule has 1 aromatic heterocycles. The zero-order chi connectivity index (χ0) is 21.3. The molecule has 1 fully saturated rings. The van der Waals surface area contributed by atoms with E-state index in [-0.39, 0.29) is 5.91 Å². The van der Waals surface area contributed by atoms with Crippen LogP contribution in [0.15, 0.2) is 30.3 Å². The van der Waals surface area contributed by atoms with Crippen LogP contribution in [0.3, 0.4) is 0 Å². The number of nitrogens with zero attached hydrogens (tertiary/aromatic N) is 3. The van der Waals surface area contributed by atoms with E-state index >= 15 is 0 Å². The second-order valence-corrected chi connectivity index (χ2v) is 8.19. The van der Waals surface area contributed by atoms with Crippen LogP contribution in [-0.2, 0) is 0 Å². The van der Waals surface area contributed by atoms with Crippen molar-refractivity contribution in [1.82, 2.24) is 9.88 Å². The molecule has 0 saturated carbocycles. The van der Waals surface area contributed by atoms with Gasteiger partial charge in [0.15, 0.2) is 22.4 Å². The highest BCUT2D eigenvalue weighted by molar-refractivity contribution is 7.22. The monoisotopic (exact) mass is 447 g/mol. The molecule has 158 valence electrons. The van der Waals surface area contributed by atoms with Crippen LogP contribution in [0.5, 0.6) is 17.2 Å². The van der Waals surface area contributed by atoms with Gasteiger partial charge < -0.3 is 24.0 Å². The van der Waals surface area contributed by atoms with Crippen molar-refractivity contribution < 1.29 is 19.0 Å². The van der Waals surface area contributed by atoms with E-state index in [2.05, 4.69) is 4.90 Å². The van der Waals surface area contributed by atoms with Gasteiger partial charge in [0.2, 0.25) is 0 Å². The number of methoxy groups -OCH3 is 3. The minimum Gasteiger partial charge on any atom is -0.493 e. The zero-order valence-electron chi connectivity index (χ0n) is 17.0. The second kappa shape index (κ2) is 8.57. The summed E-state index contributed by atoms with van der Waals surface area (Å²) in [4.78, 5) is 21.7. The van der Waals surface area contributed by atoms with E-state index in [1.807, 2.05) is 17.0 Å². The van der Waals surface area contributed by atoms with E-state index < -0.39 is 0 Å². The van der Waals surface area contributed by atoms with Crippen LogP contribution in [0.25, 0.3) is 10.2 Å². The van der Waals surface area contributed by atoms with Gasteiger partial charge in [-0.2, -0.15) is 0 Å². The highest BCUT2D eigenvalue weighted by Gasteiger charge is 2.25. The maximum atomic E-state index is 12.9. The summed E-state index contributed by atoms with van der Waals surface area (Å²) in [5, 5.41) is 1.45. The van der Waals surface area contributed by atoms with Crippen molar-refractivity contribution in [3.63, 3.8) is 0 Å². The molecule has 0 bridgehead atoms. The van der Waals surface area contributed by atoms with E-state index in [0.717, 1.165) is 15.3 Å². The molecule has 0 atom stereocenters. The molecule has 0 aliphatic carbocycles. The lowest BCUT2D eigenvalue weighted by molar-refractivity contribution is 0.0746. The number of aromatic nitrogens is 1. The molecule has 4 rings (SSSR count). The van der Waals surface area contributed by atoms with Crippen molar-refractivity contribution in [1.29, 1.82) is 0 Å². The summed E-state index contributed by atoms with van der Waals surface area (Å²) in [7, 11) is 4.73. The number of amides is 1. The van der Waals surface area contributed by atoms with Gasteiger partial charge in [-0.25, -0.2) is 4.98 Å². The summed E-state index contributed by atoms with van der Waals surface area (Å²) in [6.45, 7) is 2.63. The van der Waals surface area contributed by atoms with Gasteiger partial charge >= 0.3 is 0 Å². The number of anilines is 1. The molecule has 9 heteroatoms. The number of halogens is 1. The van der Waals surface area contributed by atoms with Gasteiger partial charge in [-0.05, 0) is 30.3 Å². The number of rotatable bonds is 5. The van der Waals surface area contributed by atoms with Crippen LogP contribution in [0.2, 0.25) is 5.02 Å². The third kappa shape index (κ3) is 3.73. The molecular weight excluding hydrogens is 426 g/mol. The Kier molecular flexibility index (Phi) is 5.87. The SMILES string of the molecule is COc1ccc(C(=O)N2CCN(c3nc4c(OC)c(Cl)ccc4s3)CC2)cc1OC. The Bertz CT molecular complexity index is 1080. The van der Waals surface area contributed by atoms with Crippen molar-refractivity contribution in [2.45, 2.75) is 0 Å². The molecule has 1 aliphatic heterocycles. The Morgan fingerprint density at radius 2 is 1.73 bits per heavy atom. The molecule has 2 aromatic carbocycles. The first kappa shape index (κ1) is 20.6. The number of carbonyl (C=O) groups is 1. The van der Waals surface area contributed by atoms with E-state index in [1.165, 1.54) is 0 Å². The molecule has 30 heavy (non-hydrogen) atoms.